The Labute approximate surface area is 383 Å². The van der Waals surface area contributed by atoms with Crippen molar-refractivity contribution in [2.75, 3.05) is 9.71 Å². The molecule has 65 heavy (non-hydrogen) atoms. The van der Waals surface area contributed by atoms with Gasteiger partial charge < -0.3 is 14.1 Å². The quantitative estimate of drug-likeness (QED) is 0.165. The van der Waals surface area contributed by atoms with Crippen LogP contribution in [0.5, 0.6) is 0 Å². The van der Waals surface area contributed by atoms with Gasteiger partial charge in [-0.05, 0) is 127 Å². The maximum absolute atomic E-state index is 6.74. The molecule has 0 fully saturated rings. The normalized spacial score (nSPS) is 17.0. The molecule has 4 heterocycles. The van der Waals surface area contributed by atoms with Crippen molar-refractivity contribution in [3.63, 3.8) is 0 Å². The van der Waals surface area contributed by atoms with Gasteiger partial charge in [0.15, 0.2) is 0 Å². The summed E-state index contributed by atoms with van der Waals surface area (Å²) in [6, 6.07) is 64.8. The van der Waals surface area contributed by atoms with Gasteiger partial charge in [0, 0.05) is 39.1 Å². The van der Waals surface area contributed by atoms with Gasteiger partial charge in [0.05, 0.1) is 11.1 Å². The number of para-hydroxylation sites is 3. The van der Waals surface area contributed by atoms with Crippen molar-refractivity contribution in [2.45, 2.75) is 83.0 Å². The van der Waals surface area contributed by atoms with Crippen LogP contribution in [-0.2, 0) is 21.7 Å². The summed E-state index contributed by atoms with van der Waals surface area (Å²) in [5, 5.41) is 2.29. The van der Waals surface area contributed by atoms with E-state index in [1.54, 1.807) is 0 Å². The molecule has 316 valence electrons. The maximum atomic E-state index is 6.74. The Kier molecular flexibility index (Phi) is 7.83. The largest absolute Gasteiger partial charge is 0.456 e. The van der Waals surface area contributed by atoms with Gasteiger partial charge in [-0.25, -0.2) is 0 Å². The fraction of sp³-hybridized carbons (Fsp3) is 0.213. The summed E-state index contributed by atoms with van der Waals surface area (Å²) in [7, 11) is 0. The third kappa shape index (κ3) is 5.20. The van der Waals surface area contributed by atoms with E-state index in [4.69, 9.17) is 4.42 Å². The molecule has 0 spiro atoms. The molecule has 0 bridgehead atoms. The van der Waals surface area contributed by atoms with Crippen LogP contribution in [0.15, 0.2) is 174 Å². The van der Waals surface area contributed by atoms with Crippen LogP contribution in [0.1, 0.15) is 100 Å². The van der Waals surface area contributed by atoms with E-state index >= 15 is 0 Å². The molecule has 3 nitrogen and oxygen atoms in total. The molecule has 1 aliphatic carbocycles. The van der Waals surface area contributed by atoms with Crippen molar-refractivity contribution >= 4 is 68.1 Å². The van der Waals surface area contributed by atoms with Crippen LogP contribution >= 0.6 is 0 Å². The SMILES string of the molecule is CC(C)(C)c1cc2c3c(c1)N1c4ccccc4C(c4ccccc4)(c4ccccc4)c4cccc(c41)B3N(c1ccc3c(c1)C(C)(C)CCC3(C)C)c1cc3c(cc1-2)oc1ccccc13. The molecule has 13 rings (SSSR count). The van der Waals surface area contributed by atoms with E-state index in [-0.39, 0.29) is 23.1 Å². The second kappa shape index (κ2) is 13.2. The Bertz CT molecular complexity index is 3410. The molecule has 0 radical (unpaired) electrons. The van der Waals surface area contributed by atoms with Crippen LogP contribution in [0.4, 0.5) is 28.4 Å². The first kappa shape index (κ1) is 38.7. The summed E-state index contributed by atoms with van der Waals surface area (Å²) in [6.07, 6.45) is 2.33. The van der Waals surface area contributed by atoms with Gasteiger partial charge in [-0.2, -0.15) is 0 Å². The van der Waals surface area contributed by atoms with E-state index < -0.39 is 5.41 Å². The summed E-state index contributed by atoms with van der Waals surface area (Å²) in [5.41, 5.74) is 22.0. The lowest BCUT2D eigenvalue weighted by Gasteiger charge is -2.52. The second-order valence-corrected chi connectivity index (χ2v) is 21.5. The zero-order valence-electron chi connectivity index (χ0n) is 38.5. The summed E-state index contributed by atoms with van der Waals surface area (Å²) in [6.45, 7) is 16.7. The van der Waals surface area contributed by atoms with Crippen LogP contribution in [0.25, 0.3) is 33.1 Å². The van der Waals surface area contributed by atoms with Gasteiger partial charge in [-0.15, -0.1) is 0 Å². The number of anilines is 5. The van der Waals surface area contributed by atoms with E-state index in [2.05, 4.69) is 228 Å². The van der Waals surface area contributed by atoms with Crippen LogP contribution in [0.3, 0.4) is 0 Å². The standard InChI is InChI=1S/C61H53BN2O/c1-58(2,3)40-33-45-43-37-55-44(42-23-14-17-28-54(42)65-55)36-52(43)64(41-29-30-46-49(35-41)60(6,7)32-31-59(46,4)5)62-50-26-18-25-48-57(50)63(53(34-40)56(45)62)51-27-16-15-24-47(51)61(48,38-19-10-8-11-20-38)39-21-12-9-13-22-39/h8-30,33-37H,31-32H2,1-7H3. The molecular formula is C61H53BN2O. The Hall–Kier alpha value is -6.78. The molecule has 8 aromatic carbocycles. The monoisotopic (exact) mass is 840 g/mol. The smallest absolute Gasteiger partial charge is 0.333 e. The van der Waals surface area contributed by atoms with E-state index in [9.17, 15) is 0 Å². The molecule has 0 saturated carbocycles. The Morgan fingerprint density at radius 3 is 1.91 bits per heavy atom. The van der Waals surface area contributed by atoms with E-state index in [1.807, 2.05) is 0 Å². The van der Waals surface area contributed by atoms with E-state index in [0.717, 1.165) is 28.4 Å². The lowest BCUT2D eigenvalue weighted by molar-refractivity contribution is 0.332. The second-order valence-electron chi connectivity index (χ2n) is 21.5. The molecule has 4 heteroatoms. The van der Waals surface area contributed by atoms with Crippen molar-refractivity contribution in [2.24, 2.45) is 0 Å². The molecule has 0 N–H and O–H groups in total. The van der Waals surface area contributed by atoms with Crippen molar-refractivity contribution in [3.8, 4) is 11.1 Å². The number of hydrogen-bond donors (Lipinski definition) is 0. The lowest BCUT2D eigenvalue weighted by atomic mass is 9.42. The highest BCUT2D eigenvalue weighted by atomic mass is 16.3. The van der Waals surface area contributed by atoms with Crippen molar-refractivity contribution in [3.05, 3.63) is 209 Å². The number of nitrogens with zero attached hydrogens (tertiary/aromatic N) is 2. The number of furan rings is 1. The predicted molar refractivity (Wildman–Crippen MR) is 273 cm³/mol. The molecule has 9 aromatic rings. The van der Waals surface area contributed by atoms with Gasteiger partial charge >= 0.3 is 6.85 Å². The summed E-state index contributed by atoms with van der Waals surface area (Å²) < 4.78 is 6.74. The van der Waals surface area contributed by atoms with Crippen LogP contribution < -0.4 is 20.6 Å². The minimum absolute atomic E-state index is 0.0405. The third-order valence-electron chi connectivity index (χ3n) is 15.9. The van der Waals surface area contributed by atoms with Crippen molar-refractivity contribution in [1.29, 1.82) is 0 Å². The van der Waals surface area contributed by atoms with Gasteiger partial charge in [0.2, 0.25) is 0 Å². The molecule has 0 unspecified atom stereocenters. The summed E-state index contributed by atoms with van der Waals surface area (Å²) in [5.74, 6) is 0. The van der Waals surface area contributed by atoms with Gasteiger partial charge in [-0.1, -0.05) is 176 Å². The summed E-state index contributed by atoms with van der Waals surface area (Å²) >= 11 is 0. The average Bonchev–Trinajstić information content (AvgIpc) is 3.68. The van der Waals surface area contributed by atoms with E-state index in [1.165, 1.54) is 95.9 Å². The zero-order valence-corrected chi connectivity index (χ0v) is 38.5. The predicted octanol–water partition coefficient (Wildman–Crippen LogP) is 14.6. The van der Waals surface area contributed by atoms with Crippen molar-refractivity contribution in [1.82, 2.24) is 0 Å². The molecule has 0 saturated heterocycles. The first-order valence-electron chi connectivity index (χ1n) is 23.6. The Morgan fingerprint density at radius 2 is 1.17 bits per heavy atom. The van der Waals surface area contributed by atoms with Crippen LogP contribution in [0, 0.1) is 0 Å². The van der Waals surface area contributed by atoms with Gasteiger partial charge in [-0.3, -0.25) is 0 Å². The first-order valence-corrected chi connectivity index (χ1v) is 23.6. The highest BCUT2D eigenvalue weighted by Crippen LogP contribution is 2.60. The number of hydrogen-bond acceptors (Lipinski definition) is 3. The highest BCUT2D eigenvalue weighted by Gasteiger charge is 2.53. The Morgan fingerprint density at radius 1 is 0.508 bits per heavy atom. The van der Waals surface area contributed by atoms with Crippen LogP contribution in [0.2, 0.25) is 0 Å². The minimum Gasteiger partial charge on any atom is -0.456 e. The molecule has 0 amide bonds. The number of rotatable bonds is 3. The molecule has 4 aliphatic rings. The van der Waals surface area contributed by atoms with Crippen molar-refractivity contribution < 1.29 is 4.42 Å². The van der Waals surface area contributed by atoms with Crippen LogP contribution in [-0.4, -0.2) is 6.85 Å². The maximum Gasteiger partial charge on any atom is 0.333 e. The fourth-order valence-electron chi connectivity index (χ4n) is 12.5. The van der Waals surface area contributed by atoms with E-state index in [0.29, 0.717) is 0 Å². The number of fused-ring (bicyclic) bond motifs is 10. The molecule has 0 atom stereocenters. The lowest BCUT2D eigenvalue weighted by Crippen LogP contribution is -2.63. The molecule has 1 aromatic heterocycles. The third-order valence-corrected chi connectivity index (χ3v) is 15.9. The number of benzene rings is 8. The zero-order chi connectivity index (χ0) is 44.2. The summed E-state index contributed by atoms with van der Waals surface area (Å²) in [4.78, 5) is 5.37. The molecule has 3 aliphatic heterocycles. The first-order chi connectivity index (χ1) is 31.4. The molecular weight excluding hydrogens is 787 g/mol. The Balaban J connectivity index is 1.20. The van der Waals surface area contributed by atoms with Gasteiger partial charge in [0.25, 0.3) is 0 Å². The average molecular weight is 841 g/mol. The highest BCUT2D eigenvalue weighted by molar-refractivity contribution is 6.93. The minimum atomic E-state index is -0.580. The van der Waals surface area contributed by atoms with Gasteiger partial charge in [0.1, 0.15) is 11.2 Å². The topological polar surface area (TPSA) is 19.6 Å². The fourth-order valence-corrected chi connectivity index (χ4v) is 12.5.